The molecule has 4 nitrogen and oxygen atoms in total. The first kappa shape index (κ1) is 24.6. The van der Waals surface area contributed by atoms with Crippen LogP contribution in [0.3, 0.4) is 0 Å². The number of nitrogens with one attached hydrogen (secondary N) is 2. The van der Waals surface area contributed by atoms with Gasteiger partial charge in [0.2, 0.25) is 11.8 Å². The van der Waals surface area contributed by atoms with Crippen molar-refractivity contribution in [2.75, 3.05) is 10.6 Å². The predicted octanol–water partition coefficient (Wildman–Crippen LogP) is 7.30. The maximum atomic E-state index is 13.2. The molecule has 0 saturated heterocycles. The molecule has 0 aliphatic rings. The molecule has 4 rings (SSSR count). The molecule has 0 aliphatic carbocycles. The minimum Gasteiger partial charge on any atom is -0.326 e. The van der Waals surface area contributed by atoms with Crippen LogP contribution < -0.4 is 10.6 Å². The van der Waals surface area contributed by atoms with E-state index in [-0.39, 0.29) is 18.2 Å². The van der Waals surface area contributed by atoms with Gasteiger partial charge in [-0.2, -0.15) is 0 Å². The van der Waals surface area contributed by atoms with Crippen LogP contribution in [0.4, 0.5) is 11.4 Å². The van der Waals surface area contributed by atoms with Crippen LogP contribution in [0.15, 0.2) is 108 Å². The molecule has 176 valence electrons. The fourth-order valence-corrected chi connectivity index (χ4v) is 4.64. The summed E-state index contributed by atoms with van der Waals surface area (Å²) >= 11 is 7.37. The summed E-state index contributed by atoms with van der Waals surface area (Å²) in [7, 11) is 0. The maximum absolute atomic E-state index is 13.2. The normalized spacial score (nSPS) is 11.5. The van der Waals surface area contributed by atoms with Crippen molar-refractivity contribution in [3.05, 3.63) is 125 Å². The van der Waals surface area contributed by atoms with Gasteiger partial charge in [-0.05, 0) is 66.6 Å². The Morgan fingerprint density at radius 1 is 0.771 bits per heavy atom. The average Bonchev–Trinajstić information content (AvgIpc) is 2.87. The quantitative estimate of drug-likeness (QED) is 0.249. The van der Waals surface area contributed by atoms with Crippen molar-refractivity contribution in [1.29, 1.82) is 0 Å². The molecule has 2 N–H and O–H groups in total. The van der Waals surface area contributed by atoms with Crippen molar-refractivity contribution in [2.45, 2.75) is 23.5 Å². The Labute approximate surface area is 214 Å². The highest BCUT2D eigenvalue weighted by Crippen LogP contribution is 2.36. The van der Waals surface area contributed by atoms with E-state index in [1.807, 2.05) is 97.9 Å². The molecule has 0 aliphatic heterocycles. The number of carbonyl (C=O) groups is 2. The zero-order chi connectivity index (χ0) is 24.6. The molecule has 0 fully saturated rings. The molecule has 1 atom stereocenters. The highest BCUT2D eigenvalue weighted by molar-refractivity contribution is 8.00. The van der Waals surface area contributed by atoms with Gasteiger partial charge in [-0.25, -0.2) is 0 Å². The van der Waals surface area contributed by atoms with Crippen LogP contribution in [0.25, 0.3) is 0 Å². The van der Waals surface area contributed by atoms with Crippen LogP contribution in [-0.2, 0) is 16.0 Å². The van der Waals surface area contributed by atoms with Crippen LogP contribution in [0.2, 0.25) is 5.02 Å². The molecule has 0 saturated carbocycles. The Balaban J connectivity index is 1.43. The topological polar surface area (TPSA) is 58.2 Å². The van der Waals surface area contributed by atoms with E-state index in [0.717, 1.165) is 27.3 Å². The lowest BCUT2D eigenvalue weighted by molar-refractivity contribution is -0.116. The van der Waals surface area contributed by atoms with Gasteiger partial charge in [0.25, 0.3) is 0 Å². The number of amides is 2. The van der Waals surface area contributed by atoms with Crippen LogP contribution >= 0.6 is 23.4 Å². The minimum absolute atomic E-state index is 0.0922. The molecule has 0 bridgehead atoms. The second kappa shape index (κ2) is 11.7. The zero-order valence-electron chi connectivity index (χ0n) is 19.2. The number of thioether (sulfide) groups is 1. The maximum Gasteiger partial charge on any atom is 0.242 e. The third-order valence-corrected chi connectivity index (χ3v) is 6.85. The first-order valence-electron chi connectivity index (χ1n) is 11.2. The standard InChI is InChI=1S/C29H25ClN2O2S/c1-20-7-13-25(14-8-20)32-29(34)28(22-5-3-2-4-6-22)35-26-17-15-24(16-18-26)31-27(33)19-21-9-11-23(30)12-10-21/h2-18,28H,19H2,1H3,(H,31,33)(H,32,34). The molecule has 0 spiro atoms. The Bertz CT molecular complexity index is 1280. The van der Waals surface area contributed by atoms with Crippen molar-refractivity contribution in [3.63, 3.8) is 0 Å². The number of benzene rings is 4. The Morgan fingerprint density at radius 3 is 2.03 bits per heavy atom. The first-order valence-corrected chi connectivity index (χ1v) is 12.5. The van der Waals surface area contributed by atoms with E-state index in [0.29, 0.717) is 10.7 Å². The fourth-order valence-electron chi connectivity index (χ4n) is 3.49. The largest absolute Gasteiger partial charge is 0.326 e. The van der Waals surface area contributed by atoms with Gasteiger partial charge >= 0.3 is 0 Å². The molecule has 0 radical (unpaired) electrons. The van der Waals surface area contributed by atoms with E-state index in [1.165, 1.54) is 11.8 Å². The van der Waals surface area contributed by atoms with E-state index in [1.54, 1.807) is 12.1 Å². The lowest BCUT2D eigenvalue weighted by Crippen LogP contribution is -2.19. The minimum atomic E-state index is -0.428. The summed E-state index contributed by atoms with van der Waals surface area (Å²) in [4.78, 5) is 26.5. The van der Waals surface area contributed by atoms with E-state index < -0.39 is 5.25 Å². The van der Waals surface area contributed by atoms with Crippen molar-refractivity contribution in [1.82, 2.24) is 0 Å². The van der Waals surface area contributed by atoms with Gasteiger partial charge in [0.15, 0.2) is 0 Å². The van der Waals surface area contributed by atoms with Crippen molar-refractivity contribution in [2.24, 2.45) is 0 Å². The zero-order valence-corrected chi connectivity index (χ0v) is 20.8. The third kappa shape index (κ3) is 7.22. The molecule has 0 aromatic heterocycles. The number of hydrogen-bond donors (Lipinski definition) is 2. The summed E-state index contributed by atoms with van der Waals surface area (Å²) in [5, 5.41) is 6.16. The molecule has 35 heavy (non-hydrogen) atoms. The lowest BCUT2D eigenvalue weighted by Gasteiger charge is -2.17. The number of halogens is 1. The van der Waals surface area contributed by atoms with Gasteiger partial charge in [0.05, 0.1) is 6.42 Å². The summed E-state index contributed by atoms with van der Waals surface area (Å²) in [6.07, 6.45) is 0.267. The average molecular weight is 501 g/mol. The van der Waals surface area contributed by atoms with E-state index in [4.69, 9.17) is 11.6 Å². The second-order valence-corrected chi connectivity index (χ2v) is 9.75. The number of rotatable bonds is 8. The Morgan fingerprint density at radius 2 is 1.37 bits per heavy atom. The van der Waals surface area contributed by atoms with Gasteiger partial charge in [0, 0.05) is 21.3 Å². The highest BCUT2D eigenvalue weighted by Gasteiger charge is 2.22. The molecule has 4 aromatic rings. The van der Waals surface area contributed by atoms with Crippen LogP contribution in [-0.4, -0.2) is 11.8 Å². The molecule has 0 heterocycles. The molecule has 1 unspecified atom stereocenters. The molecular formula is C29H25ClN2O2S. The highest BCUT2D eigenvalue weighted by atomic mass is 35.5. The third-order valence-electron chi connectivity index (χ3n) is 5.33. The Hall–Kier alpha value is -3.54. The summed E-state index contributed by atoms with van der Waals surface area (Å²) in [5.41, 5.74) is 4.42. The SMILES string of the molecule is Cc1ccc(NC(=O)C(Sc2ccc(NC(=O)Cc3ccc(Cl)cc3)cc2)c2ccccc2)cc1. The van der Waals surface area contributed by atoms with Gasteiger partial charge in [0.1, 0.15) is 5.25 Å². The van der Waals surface area contributed by atoms with Crippen LogP contribution in [0.5, 0.6) is 0 Å². The molecule has 4 aromatic carbocycles. The van der Waals surface area contributed by atoms with Gasteiger partial charge in [-0.15, -0.1) is 11.8 Å². The lowest BCUT2D eigenvalue weighted by atomic mass is 10.1. The summed E-state index contributed by atoms with van der Waals surface area (Å²) in [5.74, 6) is -0.197. The Kier molecular flexibility index (Phi) is 8.24. The van der Waals surface area contributed by atoms with Crippen molar-refractivity contribution >= 4 is 46.6 Å². The van der Waals surface area contributed by atoms with Gasteiger partial charge in [-0.3, -0.25) is 9.59 Å². The van der Waals surface area contributed by atoms with E-state index in [2.05, 4.69) is 10.6 Å². The monoisotopic (exact) mass is 500 g/mol. The molecule has 6 heteroatoms. The van der Waals surface area contributed by atoms with Gasteiger partial charge < -0.3 is 10.6 Å². The van der Waals surface area contributed by atoms with Crippen LogP contribution in [0, 0.1) is 6.92 Å². The first-order chi connectivity index (χ1) is 17.0. The summed E-state index contributed by atoms with van der Waals surface area (Å²) in [6, 6.07) is 32.2. The smallest absolute Gasteiger partial charge is 0.242 e. The van der Waals surface area contributed by atoms with E-state index in [9.17, 15) is 9.59 Å². The second-order valence-electron chi connectivity index (χ2n) is 8.14. The van der Waals surface area contributed by atoms with Crippen molar-refractivity contribution in [3.8, 4) is 0 Å². The summed E-state index contributed by atoms with van der Waals surface area (Å²) in [6.45, 7) is 2.01. The summed E-state index contributed by atoms with van der Waals surface area (Å²) < 4.78 is 0. The number of carbonyl (C=O) groups excluding carboxylic acids is 2. The molecule has 2 amide bonds. The fraction of sp³-hybridized carbons (Fsp3) is 0.103. The molecular weight excluding hydrogens is 476 g/mol. The number of anilines is 2. The van der Waals surface area contributed by atoms with E-state index >= 15 is 0 Å². The predicted molar refractivity (Wildman–Crippen MR) is 145 cm³/mol. The van der Waals surface area contributed by atoms with Gasteiger partial charge in [-0.1, -0.05) is 71.8 Å². The number of hydrogen-bond acceptors (Lipinski definition) is 3. The van der Waals surface area contributed by atoms with Crippen LogP contribution in [0.1, 0.15) is 21.9 Å². The van der Waals surface area contributed by atoms with Crippen molar-refractivity contribution < 1.29 is 9.59 Å². The number of aryl methyl sites for hydroxylation is 1.